The summed E-state index contributed by atoms with van der Waals surface area (Å²) in [6.07, 6.45) is 2.11. The summed E-state index contributed by atoms with van der Waals surface area (Å²) in [5.74, 6) is 0. The van der Waals surface area contributed by atoms with E-state index in [4.69, 9.17) is 0 Å². The van der Waals surface area contributed by atoms with Crippen molar-refractivity contribution < 1.29 is 4.79 Å². The number of nitrogens with zero attached hydrogens (tertiary/aromatic N) is 2. The molecule has 0 radical (unpaired) electrons. The first-order valence-corrected chi connectivity index (χ1v) is 6.70. The van der Waals surface area contributed by atoms with Crippen LogP contribution in [0, 0.1) is 0 Å². The summed E-state index contributed by atoms with van der Waals surface area (Å²) in [6.45, 7) is 0.888. The van der Waals surface area contributed by atoms with E-state index < -0.39 is 6.03 Å². The Labute approximate surface area is 116 Å². The van der Waals surface area contributed by atoms with Crippen LogP contribution in [0.25, 0.3) is 0 Å². The first kappa shape index (κ1) is 12.5. The minimum Gasteiger partial charge on any atom is -0.385 e. The summed E-state index contributed by atoms with van der Waals surface area (Å²) in [4.78, 5) is 18.7. The number of carbonyl (C=O) groups is 1. The maximum Gasteiger partial charge on any atom is 0.368 e. The molecule has 0 unspecified atom stereocenters. The standard InChI is InChI=1S/C16H15N3O/c20-16-18-14-9-8-13(11-15(14)19-16)17-10-4-7-12-5-2-1-3-6-12/h1-3,5-6,8-9,11,17H,4,7,10H2. The molecule has 0 atom stereocenters. The molecule has 2 amide bonds. The third-order valence-electron chi connectivity index (χ3n) is 3.22. The van der Waals surface area contributed by atoms with Crippen molar-refractivity contribution in [1.82, 2.24) is 0 Å². The zero-order valence-electron chi connectivity index (χ0n) is 11.0. The number of hydrogen-bond acceptors (Lipinski definition) is 2. The molecule has 4 nitrogen and oxygen atoms in total. The van der Waals surface area contributed by atoms with Gasteiger partial charge in [-0.25, -0.2) is 4.79 Å². The molecular weight excluding hydrogens is 250 g/mol. The molecule has 1 heterocycles. The lowest BCUT2D eigenvalue weighted by molar-refractivity contribution is 0.256. The Balaban J connectivity index is 1.55. The molecule has 0 saturated carbocycles. The molecule has 0 fully saturated rings. The van der Waals surface area contributed by atoms with Gasteiger partial charge in [-0.2, -0.15) is 9.98 Å². The highest BCUT2D eigenvalue weighted by molar-refractivity contribution is 5.77. The highest BCUT2D eigenvalue weighted by atomic mass is 16.2. The van der Waals surface area contributed by atoms with Crippen molar-refractivity contribution in [3.05, 3.63) is 64.8 Å². The number of fused-ring (bicyclic) bond motifs is 1. The van der Waals surface area contributed by atoms with Gasteiger partial charge in [0.1, 0.15) is 0 Å². The van der Waals surface area contributed by atoms with E-state index >= 15 is 0 Å². The number of nitrogens with one attached hydrogen (secondary N) is 1. The number of carbonyl (C=O) groups excluding carboxylic acids is 1. The van der Waals surface area contributed by atoms with Gasteiger partial charge in [0.05, 0.1) is 10.7 Å². The Hall–Kier alpha value is -2.49. The van der Waals surface area contributed by atoms with Gasteiger partial charge in [0.25, 0.3) is 0 Å². The van der Waals surface area contributed by atoms with Gasteiger partial charge < -0.3 is 5.32 Å². The molecule has 0 spiro atoms. The van der Waals surface area contributed by atoms with E-state index in [0.717, 1.165) is 25.1 Å². The maximum absolute atomic E-state index is 11.1. The average Bonchev–Trinajstić information content (AvgIpc) is 2.84. The van der Waals surface area contributed by atoms with Gasteiger partial charge in [-0.1, -0.05) is 30.3 Å². The second-order valence-electron chi connectivity index (χ2n) is 4.73. The lowest BCUT2D eigenvalue weighted by Crippen LogP contribution is -2.21. The van der Waals surface area contributed by atoms with Crippen LogP contribution in [0.2, 0.25) is 0 Å². The second kappa shape index (κ2) is 5.65. The lowest BCUT2D eigenvalue weighted by atomic mass is 10.1. The molecule has 100 valence electrons. The number of rotatable bonds is 5. The van der Waals surface area contributed by atoms with Crippen LogP contribution in [0.3, 0.4) is 0 Å². The fourth-order valence-corrected chi connectivity index (χ4v) is 2.22. The summed E-state index contributed by atoms with van der Waals surface area (Å²) in [5.41, 5.74) is 2.33. The molecule has 0 saturated heterocycles. The van der Waals surface area contributed by atoms with E-state index in [9.17, 15) is 4.79 Å². The van der Waals surface area contributed by atoms with Crippen LogP contribution in [0.4, 0.5) is 10.5 Å². The topological polar surface area (TPSA) is 53.8 Å². The van der Waals surface area contributed by atoms with Crippen LogP contribution in [-0.4, -0.2) is 12.6 Å². The molecular formula is C16H15N3O. The Morgan fingerprint density at radius 1 is 0.950 bits per heavy atom. The SMILES string of the molecule is O=C1N=c2ccc(NCCCc3ccccc3)cc2=N1. The van der Waals surface area contributed by atoms with Gasteiger partial charge in [-0.15, -0.1) is 0 Å². The minimum absolute atomic E-state index is 0.416. The molecule has 4 heteroatoms. The normalized spacial score (nSPS) is 12.5. The van der Waals surface area contributed by atoms with Crippen molar-refractivity contribution in [1.29, 1.82) is 0 Å². The van der Waals surface area contributed by atoms with E-state index in [-0.39, 0.29) is 0 Å². The molecule has 1 aliphatic rings. The van der Waals surface area contributed by atoms with Gasteiger partial charge in [0, 0.05) is 12.2 Å². The van der Waals surface area contributed by atoms with Crippen LogP contribution >= 0.6 is 0 Å². The van der Waals surface area contributed by atoms with Gasteiger partial charge in [0.2, 0.25) is 0 Å². The van der Waals surface area contributed by atoms with E-state index in [1.807, 2.05) is 24.3 Å². The summed E-state index contributed by atoms with van der Waals surface area (Å²) in [6, 6.07) is 15.6. The van der Waals surface area contributed by atoms with E-state index in [0.29, 0.717) is 10.7 Å². The predicted octanol–water partition coefficient (Wildman–Crippen LogP) is 2.10. The van der Waals surface area contributed by atoms with Gasteiger partial charge in [-0.3, -0.25) is 0 Å². The molecule has 0 aromatic heterocycles. The Morgan fingerprint density at radius 3 is 2.60 bits per heavy atom. The molecule has 3 rings (SSSR count). The average molecular weight is 265 g/mol. The van der Waals surface area contributed by atoms with Gasteiger partial charge in [-0.05, 0) is 36.6 Å². The van der Waals surface area contributed by atoms with Crippen molar-refractivity contribution in [2.75, 3.05) is 11.9 Å². The zero-order chi connectivity index (χ0) is 13.8. The predicted molar refractivity (Wildman–Crippen MR) is 77.4 cm³/mol. The number of hydrogen-bond donors (Lipinski definition) is 1. The fourth-order valence-electron chi connectivity index (χ4n) is 2.22. The number of benzene rings is 2. The summed E-state index contributed by atoms with van der Waals surface area (Å²) < 4.78 is 0. The van der Waals surface area contributed by atoms with Crippen molar-refractivity contribution in [3.8, 4) is 0 Å². The Bertz CT molecular complexity index is 738. The summed E-state index contributed by atoms with van der Waals surface area (Å²) in [5, 5.41) is 4.66. The maximum atomic E-state index is 11.1. The molecule has 0 aliphatic carbocycles. The number of anilines is 1. The van der Waals surface area contributed by atoms with Crippen LogP contribution in [-0.2, 0) is 6.42 Å². The van der Waals surface area contributed by atoms with Gasteiger partial charge >= 0.3 is 6.03 Å². The highest BCUT2D eigenvalue weighted by Crippen LogP contribution is 2.05. The van der Waals surface area contributed by atoms with E-state index in [1.165, 1.54) is 5.56 Å². The Kier molecular flexibility index (Phi) is 3.54. The molecule has 20 heavy (non-hydrogen) atoms. The van der Waals surface area contributed by atoms with Crippen molar-refractivity contribution in [2.45, 2.75) is 12.8 Å². The molecule has 2 aromatic carbocycles. The minimum atomic E-state index is -0.416. The molecule has 1 aliphatic heterocycles. The second-order valence-corrected chi connectivity index (χ2v) is 4.73. The van der Waals surface area contributed by atoms with Crippen LogP contribution < -0.4 is 16.0 Å². The van der Waals surface area contributed by atoms with Crippen LogP contribution in [0.5, 0.6) is 0 Å². The molecule has 2 aromatic rings. The largest absolute Gasteiger partial charge is 0.385 e. The fraction of sp³-hybridized carbons (Fsp3) is 0.188. The van der Waals surface area contributed by atoms with E-state index in [1.54, 1.807) is 0 Å². The first-order chi connectivity index (χ1) is 9.81. The Morgan fingerprint density at radius 2 is 1.75 bits per heavy atom. The van der Waals surface area contributed by atoms with Crippen molar-refractivity contribution in [3.63, 3.8) is 0 Å². The molecule has 0 bridgehead atoms. The third-order valence-corrected chi connectivity index (χ3v) is 3.22. The monoisotopic (exact) mass is 265 g/mol. The number of amides is 2. The van der Waals surface area contributed by atoms with Crippen molar-refractivity contribution in [2.24, 2.45) is 9.98 Å². The van der Waals surface area contributed by atoms with E-state index in [2.05, 4.69) is 39.6 Å². The first-order valence-electron chi connectivity index (χ1n) is 6.70. The number of aryl methyl sites for hydroxylation is 1. The lowest BCUT2D eigenvalue weighted by Gasteiger charge is -2.05. The highest BCUT2D eigenvalue weighted by Gasteiger charge is 2.04. The van der Waals surface area contributed by atoms with Crippen LogP contribution in [0.15, 0.2) is 58.5 Å². The van der Waals surface area contributed by atoms with Crippen molar-refractivity contribution >= 4 is 11.7 Å². The zero-order valence-corrected chi connectivity index (χ0v) is 11.0. The quantitative estimate of drug-likeness (QED) is 0.842. The molecule has 1 N–H and O–H groups in total. The van der Waals surface area contributed by atoms with Gasteiger partial charge in [0.15, 0.2) is 0 Å². The van der Waals surface area contributed by atoms with Crippen LogP contribution in [0.1, 0.15) is 12.0 Å². The number of urea groups is 1. The third kappa shape index (κ3) is 2.91. The summed E-state index contributed by atoms with van der Waals surface area (Å²) >= 11 is 0. The summed E-state index contributed by atoms with van der Waals surface area (Å²) in [7, 11) is 0. The smallest absolute Gasteiger partial charge is 0.368 e.